The average molecular weight is 474 g/mol. The molecule has 0 spiro atoms. The highest BCUT2D eigenvalue weighted by molar-refractivity contribution is 5.94. The van der Waals surface area contributed by atoms with Gasteiger partial charge in [-0.05, 0) is 23.8 Å². The molecule has 0 saturated carbocycles. The second-order valence-electron chi connectivity index (χ2n) is 8.52. The molecule has 0 aliphatic carbocycles. The van der Waals surface area contributed by atoms with Crippen molar-refractivity contribution in [2.45, 2.75) is 18.9 Å². The third kappa shape index (κ3) is 4.52. The van der Waals surface area contributed by atoms with Gasteiger partial charge in [-0.1, -0.05) is 13.0 Å². The van der Waals surface area contributed by atoms with E-state index in [0.29, 0.717) is 36.9 Å². The van der Waals surface area contributed by atoms with Gasteiger partial charge in [0, 0.05) is 48.3 Å². The first-order valence-corrected chi connectivity index (χ1v) is 11.4. The Morgan fingerprint density at radius 1 is 1.20 bits per heavy atom. The normalized spacial score (nSPS) is 14.4. The van der Waals surface area contributed by atoms with Crippen LogP contribution in [-0.4, -0.2) is 64.6 Å². The van der Waals surface area contributed by atoms with Crippen LogP contribution in [0.15, 0.2) is 49.1 Å². The lowest BCUT2D eigenvalue weighted by Gasteiger charge is -2.26. The Labute approximate surface area is 202 Å². The summed E-state index contributed by atoms with van der Waals surface area (Å²) < 4.78 is 12.7. The highest BCUT2D eigenvalue weighted by Crippen LogP contribution is 2.29. The maximum absolute atomic E-state index is 11.9. The minimum absolute atomic E-state index is 0.112. The van der Waals surface area contributed by atoms with E-state index in [0.717, 1.165) is 27.9 Å². The van der Waals surface area contributed by atoms with Gasteiger partial charge >= 0.3 is 0 Å². The second kappa shape index (κ2) is 9.67. The number of ether oxygens (including phenoxy) is 2. The van der Waals surface area contributed by atoms with Gasteiger partial charge in [0.25, 0.3) is 5.91 Å². The monoisotopic (exact) mass is 473 g/mol. The van der Waals surface area contributed by atoms with Crippen molar-refractivity contribution in [1.29, 1.82) is 0 Å². The smallest absolute Gasteiger partial charge is 0.251 e. The first kappa shape index (κ1) is 22.7. The number of hydrogen-bond donors (Lipinski definition) is 2. The maximum atomic E-state index is 11.9. The lowest BCUT2D eigenvalue weighted by atomic mass is 9.98. The minimum atomic E-state index is -0.147. The van der Waals surface area contributed by atoms with Crippen LogP contribution in [0.5, 0.6) is 5.75 Å². The molecule has 1 amide bonds. The number of fused-ring (bicyclic) bond motifs is 1. The van der Waals surface area contributed by atoms with Crippen LogP contribution in [0.2, 0.25) is 0 Å². The van der Waals surface area contributed by atoms with Crippen molar-refractivity contribution in [2.24, 2.45) is 0 Å². The Bertz CT molecular complexity index is 1370. The molecular weight excluding hydrogens is 446 g/mol. The molecule has 0 radical (unpaired) electrons. The molecule has 2 N–H and O–H groups in total. The van der Waals surface area contributed by atoms with Crippen molar-refractivity contribution < 1.29 is 14.3 Å². The fourth-order valence-electron chi connectivity index (χ4n) is 4.10. The Morgan fingerprint density at radius 2 is 2.06 bits per heavy atom. The molecule has 0 bridgehead atoms. The molecule has 4 aromatic rings. The number of methoxy groups -OCH3 is 1. The SMILES string of the molecule is CNC(=O)c1ccc(C(C)CNc2cc(-c3cnc4c(cnn4C4COC4)c3)ncn2)c(OC)c1. The Morgan fingerprint density at radius 3 is 2.80 bits per heavy atom. The van der Waals surface area contributed by atoms with Crippen molar-refractivity contribution in [1.82, 2.24) is 30.0 Å². The molecule has 1 unspecified atom stereocenters. The van der Waals surface area contributed by atoms with Crippen LogP contribution in [-0.2, 0) is 4.74 Å². The van der Waals surface area contributed by atoms with Gasteiger partial charge in [-0.2, -0.15) is 5.10 Å². The number of nitrogens with zero attached hydrogens (tertiary/aromatic N) is 5. The van der Waals surface area contributed by atoms with Crippen LogP contribution >= 0.6 is 0 Å². The highest BCUT2D eigenvalue weighted by atomic mass is 16.5. The summed E-state index contributed by atoms with van der Waals surface area (Å²) in [5, 5.41) is 11.5. The van der Waals surface area contributed by atoms with Gasteiger partial charge in [-0.15, -0.1) is 0 Å². The van der Waals surface area contributed by atoms with Crippen molar-refractivity contribution in [2.75, 3.05) is 39.2 Å². The summed E-state index contributed by atoms with van der Waals surface area (Å²) in [4.78, 5) is 25.4. The van der Waals surface area contributed by atoms with Crippen LogP contribution < -0.4 is 15.4 Å². The molecule has 4 heterocycles. The largest absolute Gasteiger partial charge is 0.496 e. The van der Waals surface area contributed by atoms with Gasteiger partial charge in [0.2, 0.25) is 0 Å². The summed E-state index contributed by atoms with van der Waals surface area (Å²) in [6.07, 6.45) is 5.18. The van der Waals surface area contributed by atoms with E-state index in [2.05, 4.69) is 37.6 Å². The van der Waals surface area contributed by atoms with Gasteiger partial charge in [0.1, 0.15) is 23.9 Å². The summed E-state index contributed by atoms with van der Waals surface area (Å²) in [5.41, 5.74) is 4.08. The van der Waals surface area contributed by atoms with Crippen LogP contribution in [0.3, 0.4) is 0 Å². The second-order valence-corrected chi connectivity index (χ2v) is 8.52. The predicted molar refractivity (Wildman–Crippen MR) is 132 cm³/mol. The number of amides is 1. The standard InChI is InChI=1S/C25H27N7O3/c1-15(20-5-4-16(25(33)26-2)7-22(20)34-3)9-27-23-8-21(29-14-30-23)17-6-18-11-31-32(19-12-35-13-19)24(18)28-10-17/h4-8,10-11,14-15,19H,9,12-13H2,1-3H3,(H,26,33)(H,27,29,30). The van der Waals surface area contributed by atoms with Gasteiger partial charge in [0.15, 0.2) is 5.65 Å². The number of pyridine rings is 1. The van der Waals surface area contributed by atoms with E-state index in [9.17, 15) is 4.79 Å². The Kier molecular flexibility index (Phi) is 6.28. The highest BCUT2D eigenvalue weighted by Gasteiger charge is 2.23. The van der Waals surface area contributed by atoms with Gasteiger partial charge < -0.3 is 20.1 Å². The summed E-state index contributed by atoms with van der Waals surface area (Å²) >= 11 is 0. The lowest BCUT2D eigenvalue weighted by molar-refractivity contribution is -0.0269. The van der Waals surface area contributed by atoms with Crippen molar-refractivity contribution in [3.63, 3.8) is 0 Å². The molecule has 10 nitrogen and oxygen atoms in total. The number of carbonyl (C=O) groups is 1. The fraction of sp³-hybridized carbons (Fsp3) is 0.320. The van der Waals surface area contributed by atoms with Crippen molar-refractivity contribution >= 4 is 22.8 Å². The first-order chi connectivity index (χ1) is 17.1. The number of nitrogens with one attached hydrogen (secondary N) is 2. The Balaban J connectivity index is 1.30. The van der Waals surface area contributed by atoms with Gasteiger partial charge in [0.05, 0.1) is 32.2 Å². The molecule has 3 aromatic heterocycles. The summed E-state index contributed by atoms with van der Waals surface area (Å²) in [7, 11) is 3.22. The molecule has 1 saturated heterocycles. The average Bonchev–Trinajstić information content (AvgIpc) is 3.28. The van der Waals surface area contributed by atoms with Crippen LogP contribution in [0.25, 0.3) is 22.3 Å². The topological polar surface area (TPSA) is 116 Å². The first-order valence-electron chi connectivity index (χ1n) is 11.4. The summed E-state index contributed by atoms with van der Waals surface area (Å²) in [5.74, 6) is 1.36. The van der Waals surface area contributed by atoms with E-state index in [1.165, 1.54) is 0 Å². The molecule has 1 aromatic carbocycles. The fourth-order valence-corrected chi connectivity index (χ4v) is 4.10. The number of benzene rings is 1. The molecule has 180 valence electrons. The van der Waals surface area contributed by atoms with E-state index >= 15 is 0 Å². The van der Waals surface area contributed by atoms with Crippen molar-refractivity contribution in [3.8, 4) is 17.0 Å². The van der Waals surface area contributed by atoms with Gasteiger partial charge in [-0.25, -0.2) is 19.6 Å². The van der Waals surface area contributed by atoms with Crippen molar-refractivity contribution in [3.05, 3.63) is 60.2 Å². The number of carbonyl (C=O) groups excluding carboxylic acids is 1. The van der Waals surface area contributed by atoms with E-state index < -0.39 is 0 Å². The molecule has 10 heteroatoms. The number of anilines is 1. The predicted octanol–water partition coefficient (Wildman–Crippen LogP) is 3.04. The molecule has 1 aliphatic heterocycles. The Hall–Kier alpha value is -4.05. The van der Waals surface area contributed by atoms with E-state index in [1.54, 1.807) is 32.6 Å². The van der Waals surface area contributed by atoms with Gasteiger partial charge in [-0.3, -0.25) is 4.79 Å². The summed E-state index contributed by atoms with van der Waals surface area (Å²) in [6, 6.07) is 9.69. The zero-order valence-electron chi connectivity index (χ0n) is 19.9. The number of aromatic nitrogens is 5. The summed E-state index contributed by atoms with van der Waals surface area (Å²) in [6.45, 7) is 4.06. The number of hydrogen-bond acceptors (Lipinski definition) is 8. The van der Waals surface area contributed by atoms with Crippen LogP contribution in [0.1, 0.15) is 34.8 Å². The zero-order valence-corrected chi connectivity index (χ0v) is 19.9. The molecule has 1 aliphatic rings. The lowest BCUT2D eigenvalue weighted by Crippen LogP contribution is -2.31. The van der Waals surface area contributed by atoms with E-state index in [1.807, 2.05) is 35.3 Å². The molecular formula is C25H27N7O3. The quantitative estimate of drug-likeness (QED) is 0.401. The van der Waals surface area contributed by atoms with E-state index in [4.69, 9.17) is 9.47 Å². The van der Waals surface area contributed by atoms with E-state index in [-0.39, 0.29) is 17.9 Å². The third-order valence-electron chi connectivity index (χ3n) is 6.21. The molecule has 35 heavy (non-hydrogen) atoms. The zero-order chi connectivity index (χ0) is 24.4. The van der Waals surface area contributed by atoms with Crippen LogP contribution in [0, 0.1) is 0 Å². The third-order valence-corrected chi connectivity index (χ3v) is 6.21. The van der Waals surface area contributed by atoms with Crippen LogP contribution in [0.4, 0.5) is 5.82 Å². The number of rotatable bonds is 8. The maximum Gasteiger partial charge on any atom is 0.251 e. The molecule has 1 atom stereocenters. The minimum Gasteiger partial charge on any atom is -0.496 e. The molecule has 5 rings (SSSR count). The molecule has 1 fully saturated rings.